The van der Waals surface area contributed by atoms with Crippen molar-refractivity contribution >= 4 is 6.03 Å². The molecule has 7 heteroatoms. The summed E-state index contributed by atoms with van der Waals surface area (Å²) in [5.74, 6) is 0. The van der Waals surface area contributed by atoms with Crippen LogP contribution >= 0.6 is 0 Å². The topological polar surface area (TPSA) is 50.4 Å². The number of rotatable bonds is 5. The Morgan fingerprint density at radius 1 is 1.43 bits per heavy atom. The lowest BCUT2D eigenvalue weighted by Crippen LogP contribution is -2.38. The van der Waals surface area contributed by atoms with Gasteiger partial charge in [0.1, 0.15) is 0 Å². The Morgan fingerprint density at radius 2 is 2.07 bits per heavy atom. The molecule has 0 aromatic rings. The lowest BCUT2D eigenvalue weighted by molar-refractivity contribution is -0.184. The van der Waals surface area contributed by atoms with Crippen LogP contribution in [-0.4, -0.2) is 25.4 Å². The van der Waals surface area contributed by atoms with Gasteiger partial charge in [-0.25, -0.2) is 10.3 Å². The lowest BCUT2D eigenvalue weighted by atomic mass is 10.3. The van der Waals surface area contributed by atoms with Crippen LogP contribution in [0.15, 0.2) is 0 Å². The van der Waals surface area contributed by atoms with Crippen molar-refractivity contribution in [3.63, 3.8) is 0 Å². The van der Waals surface area contributed by atoms with Crippen molar-refractivity contribution in [1.82, 2.24) is 10.8 Å². The fraction of sp³-hybridized carbons (Fsp3) is 0.857. The van der Waals surface area contributed by atoms with Crippen LogP contribution < -0.4 is 10.8 Å². The Morgan fingerprint density at radius 3 is 2.57 bits per heavy atom. The quantitative estimate of drug-likeness (QED) is 0.539. The number of urea groups is 1. The maximum Gasteiger partial charge on any atom is 0.414 e. The van der Waals surface area contributed by atoms with Crippen molar-refractivity contribution in [2.45, 2.75) is 25.9 Å². The number of hydrogen-bond acceptors (Lipinski definition) is 2. The molecule has 0 aromatic heterocycles. The van der Waals surface area contributed by atoms with Crippen molar-refractivity contribution in [2.75, 3.05) is 13.2 Å². The van der Waals surface area contributed by atoms with Gasteiger partial charge in [0, 0.05) is 6.54 Å². The molecule has 0 atom stereocenters. The number of carbonyl (C=O) groups excluding carboxylic acids is 1. The van der Waals surface area contributed by atoms with Gasteiger partial charge in [0.2, 0.25) is 0 Å². The summed E-state index contributed by atoms with van der Waals surface area (Å²) >= 11 is 0. The van der Waals surface area contributed by atoms with Crippen LogP contribution in [0, 0.1) is 0 Å². The second-order valence-electron chi connectivity index (χ2n) is 2.62. The highest BCUT2D eigenvalue weighted by molar-refractivity contribution is 5.72. The molecule has 4 nitrogen and oxygen atoms in total. The standard InChI is InChI=1S/C7H13F3N2O2/c1-2-3-4-11-6(13)12-14-5-7(8,9)10/h2-5H2,1H3,(H2,11,12,13). The minimum Gasteiger partial charge on any atom is -0.336 e. The van der Waals surface area contributed by atoms with Crippen LogP contribution in [0.5, 0.6) is 0 Å². The molecule has 0 heterocycles. The molecular formula is C7H13F3N2O2. The molecule has 14 heavy (non-hydrogen) atoms. The number of hydroxylamine groups is 1. The summed E-state index contributed by atoms with van der Waals surface area (Å²) in [6.07, 6.45) is -2.77. The van der Waals surface area contributed by atoms with E-state index in [1.165, 1.54) is 0 Å². The Balaban J connectivity index is 3.36. The van der Waals surface area contributed by atoms with E-state index in [0.29, 0.717) is 6.54 Å². The van der Waals surface area contributed by atoms with Gasteiger partial charge >= 0.3 is 12.2 Å². The number of hydrogen-bond donors (Lipinski definition) is 2. The number of nitrogens with one attached hydrogen (secondary N) is 2. The van der Waals surface area contributed by atoms with Gasteiger partial charge in [-0.15, -0.1) is 0 Å². The maximum absolute atomic E-state index is 11.5. The van der Waals surface area contributed by atoms with Gasteiger partial charge in [0.25, 0.3) is 0 Å². The van der Waals surface area contributed by atoms with E-state index in [1.807, 2.05) is 6.92 Å². The third kappa shape index (κ3) is 9.11. The number of alkyl halides is 3. The lowest BCUT2D eigenvalue weighted by Gasteiger charge is -2.08. The smallest absolute Gasteiger partial charge is 0.336 e. The van der Waals surface area contributed by atoms with Crippen LogP contribution in [0.25, 0.3) is 0 Å². The summed E-state index contributed by atoms with van der Waals surface area (Å²) < 4.78 is 34.5. The van der Waals surface area contributed by atoms with E-state index < -0.39 is 18.8 Å². The van der Waals surface area contributed by atoms with Crippen molar-refractivity contribution in [1.29, 1.82) is 0 Å². The van der Waals surface area contributed by atoms with Crippen molar-refractivity contribution < 1.29 is 22.8 Å². The van der Waals surface area contributed by atoms with Crippen LogP contribution in [-0.2, 0) is 4.84 Å². The molecule has 84 valence electrons. The molecule has 0 radical (unpaired) electrons. The number of amides is 2. The van der Waals surface area contributed by atoms with E-state index >= 15 is 0 Å². The maximum atomic E-state index is 11.5. The normalized spacial score (nSPS) is 11.1. The molecule has 0 rings (SSSR count). The fourth-order valence-electron chi connectivity index (χ4n) is 0.598. The van der Waals surface area contributed by atoms with E-state index in [4.69, 9.17) is 0 Å². The molecule has 0 fully saturated rings. The first-order chi connectivity index (χ1) is 6.45. The predicted octanol–water partition coefficient (Wildman–Crippen LogP) is 1.58. The van der Waals surface area contributed by atoms with Crippen LogP contribution in [0.1, 0.15) is 19.8 Å². The summed E-state index contributed by atoms with van der Waals surface area (Å²) in [6.45, 7) is 0.853. The largest absolute Gasteiger partial charge is 0.414 e. The van der Waals surface area contributed by atoms with Gasteiger partial charge in [0.15, 0.2) is 6.61 Å². The zero-order chi connectivity index (χ0) is 11.0. The highest BCUT2D eigenvalue weighted by Crippen LogP contribution is 2.13. The average Bonchev–Trinajstić information content (AvgIpc) is 2.02. The van der Waals surface area contributed by atoms with Gasteiger partial charge < -0.3 is 5.32 Å². The summed E-state index contributed by atoms with van der Waals surface area (Å²) in [4.78, 5) is 14.6. The summed E-state index contributed by atoms with van der Waals surface area (Å²) in [5.41, 5.74) is 1.63. The molecule has 0 aliphatic heterocycles. The zero-order valence-corrected chi connectivity index (χ0v) is 7.78. The monoisotopic (exact) mass is 214 g/mol. The molecule has 2 N–H and O–H groups in total. The Labute approximate surface area is 79.8 Å². The van der Waals surface area contributed by atoms with Gasteiger partial charge in [-0.2, -0.15) is 13.2 Å². The summed E-state index contributed by atoms with van der Waals surface area (Å²) in [6, 6.07) is -0.761. The number of halogens is 3. The minimum atomic E-state index is -4.43. The predicted molar refractivity (Wildman–Crippen MR) is 43.4 cm³/mol. The Hall–Kier alpha value is -0.980. The second-order valence-corrected chi connectivity index (χ2v) is 2.62. The molecule has 0 aromatic carbocycles. The van der Waals surface area contributed by atoms with Gasteiger partial charge in [-0.3, -0.25) is 4.84 Å². The molecule has 0 bridgehead atoms. The fourth-order valence-corrected chi connectivity index (χ4v) is 0.598. The van der Waals surface area contributed by atoms with Crippen LogP contribution in [0.4, 0.5) is 18.0 Å². The Kier molecular flexibility index (Phi) is 6.02. The summed E-state index contributed by atoms with van der Waals surface area (Å²) in [5, 5.41) is 2.33. The van der Waals surface area contributed by atoms with E-state index in [9.17, 15) is 18.0 Å². The third-order valence-corrected chi connectivity index (χ3v) is 1.22. The molecular weight excluding hydrogens is 201 g/mol. The number of carbonyl (C=O) groups is 1. The van der Waals surface area contributed by atoms with Crippen LogP contribution in [0.3, 0.4) is 0 Å². The SMILES string of the molecule is CCCCNC(=O)NOCC(F)(F)F. The van der Waals surface area contributed by atoms with Crippen molar-refractivity contribution in [3.05, 3.63) is 0 Å². The summed E-state index contributed by atoms with van der Waals surface area (Å²) in [7, 11) is 0. The van der Waals surface area contributed by atoms with Gasteiger partial charge in [-0.05, 0) is 6.42 Å². The first-order valence-corrected chi connectivity index (χ1v) is 4.18. The average molecular weight is 214 g/mol. The molecule has 2 amide bonds. The van der Waals surface area contributed by atoms with Gasteiger partial charge in [-0.1, -0.05) is 13.3 Å². The van der Waals surface area contributed by atoms with E-state index in [0.717, 1.165) is 12.8 Å². The third-order valence-electron chi connectivity index (χ3n) is 1.22. The molecule has 0 spiro atoms. The minimum absolute atomic E-state index is 0.414. The number of unbranched alkanes of at least 4 members (excludes halogenated alkanes) is 1. The zero-order valence-electron chi connectivity index (χ0n) is 7.78. The molecule has 0 saturated heterocycles. The first kappa shape index (κ1) is 13.0. The van der Waals surface area contributed by atoms with E-state index in [-0.39, 0.29) is 0 Å². The van der Waals surface area contributed by atoms with Crippen molar-refractivity contribution in [2.24, 2.45) is 0 Å². The Bertz CT molecular complexity index is 173. The first-order valence-electron chi connectivity index (χ1n) is 4.18. The van der Waals surface area contributed by atoms with Crippen molar-refractivity contribution in [3.8, 4) is 0 Å². The molecule has 0 unspecified atom stereocenters. The van der Waals surface area contributed by atoms with E-state index in [2.05, 4.69) is 10.2 Å². The van der Waals surface area contributed by atoms with Gasteiger partial charge in [0.05, 0.1) is 0 Å². The second kappa shape index (κ2) is 6.47. The molecule has 0 aliphatic carbocycles. The highest BCUT2D eigenvalue weighted by atomic mass is 19.4. The molecule has 0 aliphatic rings. The highest BCUT2D eigenvalue weighted by Gasteiger charge is 2.28. The molecule has 0 saturated carbocycles. The van der Waals surface area contributed by atoms with Crippen LogP contribution in [0.2, 0.25) is 0 Å². The van der Waals surface area contributed by atoms with E-state index in [1.54, 1.807) is 5.48 Å².